The molecule has 0 amide bonds. The van der Waals surface area contributed by atoms with Gasteiger partial charge >= 0.3 is 11.9 Å². The third-order valence-electron chi connectivity index (χ3n) is 5.80. The molecule has 9 heteroatoms. The van der Waals surface area contributed by atoms with Gasteiger partial charge in [-0.15, -0.1) is 0 Å². The number of benzene rings is 3. The Labute approximate surface area is 226 Å². The van der Waals surface area contributed by atoms with Crippen LogP contribution < -0.4 is 14.2 Å². The summed E-state index contributed by atoms with van der Waals surface area (Å²) in [6, 6.07) is 21.8. The lowest BCUT2D eigenvalue weighted by Gasteiger charge is -2.13. The Kier molecular flexibility index (Phi) is 8.83. The lowest BCUT2D eigenvalue weighted by Crippen LogP contribution is -2.15. The van der Waals surface area contributed by atoms with Gasteiger partial charge < -0.3 is 23.7 Å². The minimum atomic E-state index is -0.709. The molecule has 1 heterocycles. The highest BCUT2D eigenvalue weighted by molar-refractivity contribution is 6.06. The molecule has 0 fully saturated rings. The smallest absolute Gasteiger partial charge is 0.357 e. The lowest BCUT2D eigenvalue weighted by molar-refractivity contribution is 0.0549. The van der Waals surface area contributed by atoms with E-state index >= 15 is 0 Å². The van der Waals surface area contributed by atoms with E-state index in [4.69, 9.17) is 23.7 Å². The molecule has 0 bridgehead atoms. The fourth-order valence-electron chi connectivity index (χ4n) is 4.02. The Bertz CT molecular complexity index is 1430. The lowest BCUT2D eigenvalue weighted by atomic mass is 10.1. The molecule has 0 saturated carbocycles. The fourth-order valence-corrected chi connectivity index (χ4v) is 4.02. The van der Waals surface area contributed by atoms with E-state index < -0.39 is 11.9 Å². The number of aromatic nitrogens is 2. The minimum Gasteiger partial charge on any atom is -0.490 e. The minimum absolute atomic E-state index is 0.0136. The molecule has 0 saturated heterocycles. The number of para-hydroxylation sites is 1. The summed E-state index contributed by atoms with van der Waals surface area (Å²) in [7, 11) is 2.50. The van der Waals surface area contributed by atoms with E-state index in [1.54, 1.807) is 36.4 Å². The Morgan fingerprint density at radius 1 is 0.769 bits per heavy atom. The SMILES string of the molecule is CCOc1ccc(COc2ccc(-c3nn(-c4ccccc4)c(C(=O)OC)c3C(=O)OC)cc2)cc1OCC. The molecule has 0 unspecified atom stereocenters. The van der Waals surface area contributed by atoms with Crippen LogP contribution in [0.2, 0.25) is 0 Å². The first-order valence-electron chi connectivity index (χ1n) is 12.5. The van der Waals surface area contributed by atoms with Gasteiger partial charge in [0.05, 0.1) is 33.1 Å². The molecule has 0 radical (unpaired) electrons. The van der Waals surface area contributed by atoms with Crippen LogP contribution in [0.4, 0.5) is 0 Å². The Hall–Kier alpha value is -4.79. The van der Waals surface area contributed by atoms with E-state index in [9.17, 15) is 9.59 Å². The van der Waals surface area contributed by atoms with Crippen LogP contribution in [0.25, 0.3) is 16.9 Å². The number of hydrogen-bond donors (Lipinski definition) is 0. The van der Waals surface area contributed by atoms with Gasteiger partial charge in [-0.2, -0.15) is 5.10 Å². The second kappa shape index (κ2) is 12.6. The number of carbonyl (C=O) groups is 2. The van der Waals surface area contributed by atoms with E-state index in [1.165, 1.54) is 18.9 Å². The van der Waals surface area contributed by atoms with E-state index in [0.29, 0.717) is 48.3 Å². The summed E-state index contributed by atoms with van der Waals surface area (Å²) in [5, 5.41) is 4.61. The summed E-state index contributed by atoms with van der Waals surface area (Å²) in [4.78, 5) is 25.6. The third-order valence-corrected chi connectivity index (χ3v) is 5.80. The van der Waals surface area contributed by atoms with Crippen molar-refractivity contribution < 1.29 is 33.3 Å². The second-order valence-corrected chi connectivity index (χ2v) is 8.26. The number of esters is 2. The van der Waals surface area contributed by atoms with E-state index in [-0.39, 0.29) is 17.0 Å². The van der Waals surface area contributed by atoms with Crippen LogP contribution in [0.5, 0.6) is 17.2 Å². The zero-order chi connectivity index (χ0) is 27.8. The maximum absolute atomic E-state index is 12.8. The molecule has 0 aliphatic rings. The summed E-state index contributed by atoms with van der Waals surface area (Å²) in [6.07, 6.45) is 0. The van der Waals surface area contributed by atoms with Crippen molar-refractivity contribution in [1.82, 2.24) is 9.78 Å². The zero-order valence-electron chi connectivity index (χ0n) is 22.3. The first-order chi connectivity index (χ1) is 19.0. The molecule has 0 aliphatic carbocycles. The highest BCUT2D eigenvalue weighted by Crippen LogP contribution is 2.31. The van der Waals surface area contributed by atoms with Crippen LogP contribution in [0.3, 0.4) is 0 Å². The van der Waals surface area contributed by atoms with Gasteiger partial charge in [-0.1, -0.05) is 24.3 Å². The molecule has 202 valence electrons. The van der Waals surface area contributed by atoms with Crippen molar-refractivity contribution in [1.29, 1.82) is 0 Å². The first kappa shape index (κ1) is 27.3. The van der Waals surface area contributed by atoms with Crippen molar-refractivity contribution >= 4 is 11.9 Å². The molecule has 0 aliphatic heterocycles. The van der Waals surface area contributed by atoms with Crippen LogP contribution in [0.1, 0.15) is 40.3 Å². The third kappa shape index (κ3) is 6.04. The van der Waals surface area contributed by atoms with Crippen molar-refractivity contribution in [2.45, 2.75) is 20.5 Å². The number of rotatable bonds is 11. The number of methoxy groups -OCH3 is 2. The van der Waals surface area contributed by atoms with Gasteiger partial charge in [-0.3, -0.25) is 0 Å². The Balaban J connectivity index is 1.63. The van der Waals surface area contributed by atoms with Gasteiger partial charge in [0.1, 0.15) is 23.6 Å². The average molecular weight is 531 g/mol. The normalized spacial score (nSPS) is 10.6. The van der Waals surface area contributed by atoms with Gasteiger partial charge in [-0.25, -0.2) is 14.3 Å². The predicted molar refractivity (Wildman–Crippen MR) is 145 cm³/mol. The zero-order valence-corrected chi connectivity index (χ0v) is 22.3. The van der Waals surface area contributed by atoms with Gasteiger partial charge in [0.15, 0.2) is 17.2 Å². The Morgan fingerprint density at radius 2 is 1.44 bits per heavy atom. The van der Waals surface area contributed by atoms with Gasteiger partial charge in [0.2, 0.25) is 0 Å². The summed E-state index contributed by atoms with van der Waals surface area (Å²) in [5.41, 5.74) is 2.39. The van der Waals surface area contributed by atoms with Gasteiger partial charge in [0.25, 0.3) is 0 Å². The highest BCUT2D eigenvalue weighted by atomic mass is 16.5. The van der Waals surface area contributed by atoms with Crippen molar-refractivity contribution in [2.24, 2.45) is 0 Å². The summed E-state index contributed by atoms with van der Waals surface area (Å²) in [6.45, 7) is 5.23. The summed E-state index contributed by atoms with van der Waals surface area (Å²) >= 11 is 0. The van der Waals surface area contributed by atoms with E-state index in [2.05, 4.69) is 5.10 Å². The van der Waals surface area contributed by atoms with Crippen LogP contribution >= 0.6 is 0 Å². The maximum atomic E-state index is 12.8. The number of ether oxygens (including phenoxy) is 5. The number of hydrogen-bond acceptors (Lipinski definition) is 8. The predicted octanol–water partition coefficient (Wildman–Crippen LogP) is 5.49. The van der Waals surface area contributed by atoms with Crippen LogP contribution in [0, 0.1) is 0 Å². The molecule has 4 aromatic rings. The molecular formula is C30H30N2O7. The summed E-state index contributed by atoms with van der Waals surface area (Å²) < 4.78 is 28.7. The molecule has 0 N–H and O–H groups in total. The molecule has 0 atom stereocenters. The molecule has 9 nitrogen and oxygen atoms in total. The van der Waals surface area contributed by atoms with Crippen molar-refractivity contribution in [3.05, 3.63) is 89.6 Å². The Morgan fingerprint density at radius 3 is 2.08 bits per heavy atom. The monoisotopic (exact) mass is 530 g/mol. The van der Waals surface area contributed by atoms with Crippen LogP contribution in [-0.4, -0.2) is 49.2 Å². The molecule has 4 rings (SSSR count). The van der Waals surface area contributed by atoms with Crippen molar-refractivity contribution in [3.63, 3.8) is 0 Å². The largest absolute Gasteiger partial charge is 0.490 e. The summed E-state index contributed by atoms with van der Waals surface area (Å²) in [5.74, 6) is 0.561. The molecular weight excluding hydrogens is 500 g/mol. The molecule has 0 spiro atoms. The van der Waals surface area contributed by atoms with E-state index in [1.807, 2.05) is 50.2 Å². The topological polar surface area (TPSA) is 98.1 Å². The van der Waals surface area contributed by atoms with Crippen molar-refractivity contribution in [3.8, 4) is 34.2 Å². The van der Waals surface area contributed by atoms with Crippen LogP contribution in [0.15, 0.2) is 72.8 Å². The quantitative estimate of drug-likeness (QED) is 0.235. The molecule has 39 heavy (non-hydrogen) atoms. The fraction of sp³-hybridized carbons (Fsp3) is 0.233. The first-order valence-corrected chi connectivity index (χ1v) is 12.5. The highest BCUT2D eigenvalue weighted by Gasteiger charge is 2.31. The second-order valence-electron chi connectivity index (χ2n) is 8.26. The van der Waals surface area contributed by atoms with Crippen molar-refractivity contribution in [2.75, 3.05) is 27.4 Å². The molecule has 3 aromatic carbocycles. The molecule has 1 aromatic heterocycles. The number of nitrogens with zero attached hydrogens (tertiary/aromatic N) is 2. The van der Waals surface area contributed by atoms with E-state index in [0.717, 1.165) is 5.56 Å². The van der Waals surface area contributed by atoms with Gasteiger partial charge in [0, 0.05) is 5.56 Å². The van der Waals surface area contributed by atoms with Gasteiger partial charge in [-0.05, 0) is 67.9 Å². The maximum Gasteiger partial charge on any atom is 0.357 e. The standard InChI is InChI=1S/C30H30N2O7/c1-5-37-24-17-12-20(18-25(24)38-6-2)19-39-23-15-13-21(14-16-23)27-26(29(33)35-3)28(30(34)36-4)32(31-27)22-10-8-7-9-11-22/h7-18H,5-6,19H2,1-4H3. The van der Waals surface area contributed by atoms with Crippen LogP contribution in [-0.2, 0) is 16.1 Å². The number of carbonyl (C=O) groups excluding carboxylic acids is 2. The average Bonchev–Trinajstić information content (AvgIpc) is 3.38.